The van der Waals surface area contributed by atoms with E-state index in [0.717, 1.165) is 0 Å². The zero-order valence-corrected chi connectivity index (χ0v) is 9.41. The van der Waals surface area contributed by atoms with Gasteiger partial charge in [0.15, 0.2) is 0 Å². The molecule has 0 aromatic heterocycles. The molecule has 0 unspecified atom stereocenters. The summed E-state index contributed by atoms with van der Waals surface area (Å²) in [6.45, 7) is 3.83. The van der Waals surface area contributed by atoms with Crippen molar-refractivity contribution in [3.63, 3.8) is 0 Å². The maximum Gasteiger partial charge on any atom is 0.296 e. The van der Waals surface area contributed by atoms with Gasteiger partial charge in [-0.25, -0.2) is 5.14 Å². The third-order valence-electron chi connectivity index (χ3n) is 1.49. The number of hydrogen-bond donors (Lipinski definition) is 2. The first-order valence-electron chi connectivity index (χ1n) is 4.44. The highest BCUT2D eigenvalue weighted by molar-refractivity contribution is 7.90. The number of nitrogens with one attached hydrogen (secondary N) is 1. The van der Waals surface area contributed by atoms with Crippen LogP contribution in [0.25, 0.3) is 0 Å². The Bertz CT molecular complexity index is 411. The molecule has 1 rings (SSSR count). The summed E-state index contributed by atoms with van der Waals surface area (Å²) < 4.78 is 28.9. The van der Waals surface area contributed by atoms with Crippen LogP contribution in [0.1, 0.15) is 13.8 Å². The number of ether oxygens (including phenoxy) is 1. The summed E-state index contributed by atoms with van der Waals surface area (Å²) >= 11 is 0. The molecule has 6 heteroatoms. The van der Waals surface area contributed by atoms with Crippen molar-refractivity contribution in [1.29, 1.82) is 0 Å². The molecule has 0 spiro atoms. The summed E-state index contributed by atoms with van der Waals surface area (Å²) in [4.78, 5) is 0. The number of benzene rings is 1. The van der Waals surface area contributed by atoms with E-state index in [0.29, 0.717) is 11.4 Å². The summed E-state index contributed by atoms with van der Waals surface area (Å²) in [5.74, 6) is 0.685. The Kier molecular flexibility index (Phi) is 3.54. The predicted molar refractivity (Wildman–Crippen MR) is 58.9 cm³/mol. The molecule has 0 atom stereocenters. The summed E-state index contributed by atoms with van der Waals surface area (Å²) in [6.07, 6.45) is 0.0852. The van der Waals surface area contributed by atoms with E-state index >= 15 is 0 Å². The van der Waals surface area contributed by atoms with Crippen LogP contribution in [0, 0.1) is 0 Å². The number of nitrogens with two attached hydrogens (primary N) is 1. The number of hydrogen-bond acceptors (Lipinski definition) is 3. The molecule has 3 N–H and O–H groups in total. The van der Waals surface area contributed by atoms with Gasteiger partial charge in [-0.05, 0) is 38.1 Å². The van der Waals surface area contributed by atoms with Gasteiger partial charge in [0, 0.05) is 5.69 Å². The van der Waals surface area contributed by atoms with Crippen molar-refractivity contribution in [2.75, 3.05) is 4.72 Å². The van der Waals surface area contributed by atoms with Crippen LogP contribution in [0.4, 0.5) is 5.69 Å². The highest BCUT2D eigenvalue weighted by atomic mass is 32.2. The molecule has 0 aliphatic heterocycles. The largest absolute Gasteiger partial charge is 0.491 e. The predicted octanol–water partition coefficient (Wildman–Crippen LogP) is 1.09. The van der Waals surface area contributed by atoms with Gasteiger partial charge in [0.05, 0.1) is 6.10 Å². The zero-order valence-electron chi connectivity index (χ0n) is 8.60. The lowest BCUT2D eigenvalue weighted by Crippen LogP contribution is -2.21. The Morgan fingerprint density at radius 2 is 1.80 bits per heavy atom. The van der Waals surface area contributed by atoms with Gasteiger partial charge in [0.25, 0.3) is 10.2 Å². The first-order chi connectivity index (χ1) is 6.87. The van der Waals surface area contributed by atoms with E-state index in [9.17, 15) is 8.42 Å². The maximum atomic E-state index is 10.7. The second-order valence-electron chi connectivity index (χ2n) is 3.34. The monoisotopic (exact) mass is 230 g/mol. The van der Waals surface area contributed by atoms with Crippen molar-refractivity contribution < 1.29 is 13.2 Å². The lowest BCUT2D eigenvalue weighted by atomic mass is 10.3. The summed E-state index contributed by atoms with van der Waals surface area (Å²) in [5, 5.41) is 4.82. The molecule has 0 fully saturated rings. The highest BCUT2D eigenvalue weighted by Gasteiger charge is 2.02. The van der Waals surface area contributed by atoms with E-state index in [4.69, 9.17) is 9.88 Å². The highest BCUT2D eigenvalue weighted by Crippen LogP contribution is 2.17. The van der Waals surface area contributed by atoms with E-state index < -0.39 is 10.2 Å². The fraction of sp³-hybridized carbons (Fsp3) is 0.333. The standard InChI is InChI=1S/C9H14N2O3S/c1-7(2)14-9-5-3-8(4-6-9)11-15(10,12)13/h3-7,11H,1-2H3,(H2,10,12,13). The number of rotatable bonds is 4. The van der Waals surface area contributed by atoms with Crippen molar-refractivity contribution in [3.05, 3.63) is 24.3 Å². The van der Waals surface area contributed by atoms with Crippen molar-refractivity contribution in [1.82, 2.24) is 0 Å². The Balaban J connectivity index is 2.73. The van der Waals surface area contributed by atoms with Crippen LogP contribution in [-0.2, 0) is 10.2 Å². The summed E-state index contributed by atoms with van der Waals surface area (Å²) in [6, 6.07) is 6.52. The normalized spacial score (nSPS) is 11.5. The fourth-order valence-electron chi connectivity index (χ4n) is 1.04. The van der Waals surface area contributed by atoms with Crippen LogP contribution in [0.15, 0.2) is 24.3 Å². The maximum absolute atomic E-state index is 10.7. The fourth-order valence-corrected chi connectivity index (χ4v) is 1.50. The smallest absolute Gasteiger partial charge is 0.296 e. The van der Waals surface area contributed by atoms with Crippen molar-refractivity contribution in [2.45, 2.75) is 20.0 Å². The van der Waals surface area contributed by atoms with E-state index in [2.05, 4.69) is 4.72 Å². The molecule has 0 aliphatic carbocycles. The van der Waals surface area contributed by atoms with Crippen LogP contribution in [0.3, 0.4) is 0 Å². The first kappa shape index (κ1) is 11.8. The van der Waals surface area contributed by atoms with E-state index in [1.165, 1.54) is 0 Å². The quantitative estimate of drug-likeness (QED) is 0.812. The van der Waals surface area contributed by atoms with Gasteiger partial charge in [-0.2, -0.15) is 8.42 Å². The topological polar surface area (TPSA) is 81.4 Å². The lowest BCUT2D eigenvalue weighted by Gasteiger charge is -2.10. The Morgan fingerprint density at radius 1 is 1.27 bits per heavy atom. The van der Waals surface area contributed by atoms with Crippen molar-refractivity contribution in [2.24, 2.45) is 5.14 Å². The van der Waals surface area contributed by atoms with Crippen LogP contribution >= 0.6 is 0 Å². The minimum Gasteiger partial charge on any atom is -0.491 e. The van der Waals surface area contributed by atoms with Gasteiger partial charge in [-0.1, -0.05) is 0 Å². The molecule has 0 saturated heterocycles. The molecule has 0 radical (unpaired) electrons. The van der Waals surface area contributed by atoms with Gasteiger partial charge in [0.1, 0.15) is 5.75 Å². The van der Waals surface area contributed by atoms with Gasteiger partial charge in [0.2, 0.25) is 0 Å². The second-order valence-corrected chi connectivity index (χ2v) is 4.63. The molecular weight excluding hydrogens is 216 g/mol. The average molecular weight is 230 g/mol. The molecule has 0 saturated carbocycles. The van der Waals surface area contributed by atoms with Gasteiger partial charge < -0.3 is 4.74 Å². The Morgan fingerprint density at radius 3 is 2.20 bits per heavy atom. The Hall–Kier alpha value is -1.27. The second kappa shape index (κ2) is 4.50. The van der Waals surface area contributed by atoms with Crippen molar-refractivity contribution >= 4 is 15.9 Å². The van der Waals surface area contributed by atoms with Gasteiger partial charge in [-0.3, -0.25) is 4.72 Å². The van der Waals surface area contributed by atoms with Crippen LogP contribution in [0.2, 0.25) is 0 Å². The molecular formula is C9H14N2O3S. The number of anilines is 1. The SMILES string of the molecule is CC(C)Oc1ccc(NS(N)(=O)=O)cc1. The van der Waals surface area contributed by atoms with E-state index in [1.54, 1.807) is 24.3 Å². The molecule has 5 nitrogen and oxygen atoms in total. The van der Waals surface area contributed by atoms with E-state index in [-0.39, 0.29) is 6.10 Å². The molecule has 0 aliphatic rings. The van der Waals surface area contributed by atoms with Crippen LogP contribution < -0.4 is 14.6 Å². The molecule has 0 heterocycles. The molecule has 0 bridgehead atoms. The average Bonchev–Trinajstić information content (AvgIpc) is 2.05. The summed E-state index contributed by atoms with van der Waals surface area (Å²) in [7, 11) is -3.70. The van der Waals surface area contributed by atoms with E-state index in [1.807, 2.05) is 13.8 Å². The van der Waals surface area contributed by atoms with Crippen LogP contribution in [-0.4, -0.2) is 14.5 Å². The molecule has 1 aromatic rings. The lowest BCUT2D eigenvalue weighted by molar-refractivity contribution is 0.242. The molecule has 0 amide bonds. The minimum atomic E-state index is -3.70. The summed E-state index contributed by atoms with van der Waals surface area (Å²) in [5.41, 5.74) is 0.411. The van der Waals surface area contributed by atoms with Crippen molar-refractivity contribution in [3.8, 4) is 5.75 Å². The molecule has 15 heavy (non-hydrogen) atoms. The van der Waals surface area contributed by atoms with Gasteiger partial charge >= 0.3 is 0 Å². The van der Waals surface area contributed by atoms with Crippen LogP contribution in [0.5, 0.6) is 5.75 Å². The first-order valence-corrected chi connectivity index (χ1v) is 5.99. The van der Waals surface area contributed by atoms with Gasteiger partial charge in [-0.15, -0.1) is 0 Å². The third kappa shape index (κ3) is 4.66. The minimum absolute atomic E-state index is 0.0852. The Labute approximate surface area is 89.4 Å². The zero-order chi connectivity index (χ0) is 11.5. The molecule has 1 aromatic carbocycles. The third-order valence-corrected chi connectivity index (χ3v) is 2.01. The molecule has 84 valence electrons.